The van der Waals surface area contributed by atoms with E-state index in [-0.39, 0.29) is 30.6 Å². The molecule has 1 saturated heterocycles. The quantitative estimate of drug-likeness (QED) is 0.574. The van der Waals surface area contributed by atoms with Crippen molar-refractivity contribution in [3.05, 3.63) is 47.5 Å². The molecule has 2 amide bonds. The van der Waals surface area contributed by atoms with Crippen molar-refractivity contribution >= 4 is 23.6 Å². The van der Waals surface area contributed by atoms with Crippen molar-refractivity contribution in [2.75, 3.05) is 6.54 Å². The molecule has 32 heavy (non-hydrogen) atoms. The number of ketones is 1. The molecule has 3 atom stereocenters. The molecule has 1 aromatic rings. The summed E-state index contributed by atoms with van der Waals surface area (Å²) < 4.78 is 5.78. The van der Waals surface area contributed by atoms with Crippen LogP contribution in [-0.4, -0.2) is 53.2 Å². The Morgan fingerprint density at radius 1 is 1.12 bits per heavy atom. The van der Waals surface area contributed by atoms with Gasteiger partial charge in [0.1, 0.15) is 18.2 Å². The first-order chi connectivity index (χ1) is 15.4. The molecule has 1 N–H and O–H groups in total. The smallest absolute Gasteiger partial charge is 0.329 e. The lowest BCUT2D eigenvalue weighted by atomic mass is 10.0. The Bertz CT molecular complexity index is 880. The van der Waals surface area contributed by atoms with E-state index in [1.165, 1.54) is 4.90 Å². The maximum Gasteiger partial charge on any atom is 0.329 e. The number of esters is 1. The number of amides is 2. The van der Waals surface area contributed by atoms with Gasteiger partial charge in [-0.1, -0.05) is 49.8 Å². The third-order valence-electron chi connectivity index (χ3n) is 6.07. The molecule has 0 bridgehead atoms. The minimum Gasteiger partial charge on any atom is -0.461 e. The predicted molar refractivity (Wildman–Crippen MR) is 120 cm³/mol. The van der Waals surface area contributed by atoms with Crippen LogP contribution in [0, 0.1) is 0 Å². The molecule has 7 heteroatoms. The second kappa shape index (κ2) is 11.1. The summed E-state index contributed by atoms with van der Waals surface area (Å²) in [7, 11) is 0. The number of benzene rings is 1. The van der Waals surface area contributed by atoms with Crippen LogP contribution in [0.1, 0.15) is 57.9 Å². The Morgan fingerprint density at radius 2 is 1.88 bits per heavy atom. The number of nitrogens with one attached hydrogen (secondary N) is 1. The lowest BCUT2D eigenvalue weighted by molar-refractivity contribution is -0.158. The number of fused-ring (bicyclic) bond motifs is 1. The van der Waals surface area contributed by atoms with Crippen LogP contribution in [0.25, 0.3) is 0 Å². The summed E-state index contributed by atoms with van der Waals surface area (Å²) in [6, 6.07) is 7.88. The third-order valence-corrected chi connectivity index (χ3v) is 6.07. The summed E-state index contributed by atoms with van der Waals surface area (Å²) in [5.41, 5.74) is 1.35. The molecule has 1 fully saturated rings. The van der Waals surface area contributed by atoms with E-state index in [0.717, 1.165) is 12.0 Å². The van der Waals surface area contributed by atoms with E-state index in [1.54, 1.807) is 13.0 Å². The van der Waals surface area contributed by atoms with Crippen LogP contribution in [0.15, 0.2) is 42.0 Å². The first-order valence-electron chi connectivity index (χ1n) is 11.4. The van der Waals surface area contributed by atoms with Gasteiger partial charge in [-0.15, -0.1) is 0 Å². The van der Waals surface area contributed by atoms with Gasteiger partial charge in [0, 0.05) is 19.4 Å². The molecular formula is C25H32N2O5. The maximum absolute atomic E-state index is 13.5. The van der Waals surface area contributed by atoms with E-state index in [1.807, 2.05) is 37.3 Å². The number of ether oxygens (including phenoxy) is 1. The first kappa shape index (κ1) is 23.7. The molecule has 7 nitrogen and oxygen atoms in total. The van der Waals surface area contributed by atoms with Gasteiger partial charge in [-0.3, -0.25) is 14.4 Å². The standard InChI is InChI=1S/C25H32N2O5/c1-3-8-19-13-12-17(2)22(28)16-23(29)26-20(15-18-9-5-4-6-10-18)24(30)27-14-7-11-21(27)25(31)32-19/h4-6,9-10,12,19-21H,3,7-8,11,13-16H2,1-2H3,(H,26,29)/t19-,20-,21-/m1/s1. The van der Waals surface area contributed by atoms with E-state index >= 15 is 0 Å². The number of carbonyl (C=O) groups excluding carboxylic acids is 4. The SMILES string of the molecule is CCC[C@@H]1CC=C(C)C(=O)CC(=O)N[C@H](Cc2ccccc2)C(=O)N2CCC[C@@H]2C(=O)O1. The summed E-state index contributed by atoms with van der Waals surface area (Å²) in [5.74, 6) is -1.51. The highest BCUT2D eigenvalue weighted by Gasteiger charge is 2.39. The molecule has 3 rings (SSSR count). The zero-order valence-electron chi connectivity index (χ0n) is 18.8. The largest absolute Gasteiger partial charge is 0.461 e. The van der Waals surface area contributed by atoms with E-state index in [9.17, 15) is 19.2 Å². The average molecular weight is 441 g/mol. The molecule has 2 heterocycles. The zero-order chi connectivity index (χ0) is 23.1. The lowest BCUT2D eigenvalue weighted by Crippen LogP contribution is -2.53. The number of nitrogens with zero attached hydrogens (tertiary/aromatic N) is 1. The number of hydrogen-bond donors (Lipinski definition) is 1. The van der Waals surface area contributed by atoms with Crippen molar-refractivity contribution in [1.82, 2.24) is 10.2 Å². The fourth-order valence-corrected chi connectivity index (χ4v) is 4.27. The van der Waals surface area contributed by atoms with E-state index in [2.05, 4.69) is 5.32 Å². The highest BCUT2D eigenvalue weighted by molar-refractivity contribution is 6.07. The number of allylic oxidation sites excluding steroid dienone is 1. The summed E-state index contributed by atoms with van der Waals surface area (Å²) in [6.07, 6.45) is 4.51. The fraction of sp³-hybridized carbons (Fsp3) is 0.520. The molecule has 2 aliphatic rings. The molecule has 172 valence electrons. The number of hydrogen-bond acceptors (Lipinski definition) is 5. The number of rotatable bonds is 4. The van der Waals surface area contributed by atoms with Crippen molar-refractivity contribution in [2.24, 2.45) is 0 Å². The predicted octanol–water partition coefficient (Wildman–Crippen LogP) is 2.73. The van der Waals surface area contributed by atoms with E-state index < -0.39 is 24.0 Å². The minimum absolute atomic E-state index is 0.283. The van der Waals surface area contributed by atoms with Crippen LogP contribution < -0.4 is 5.32 Å². The Balaban J connectivity index is 1.91. The fourth-order valence-electron chi connectivity index (χ4n) is 4.27. The van der Waals surface area contributed by atoms with Crippen molar-refractivity contribution in [3.8, 4) is 0 Å². The van der Waals surface area contributed by atoms with Crippen LogP contribution in [0.2, 0.25) is 0 Å². The molecule has 0 aromatic heterocycles. The number of carbonyl (C=O) groups is 4. The van der Waals surface area contributed by atoms with Gasteiger partial charge in [-0.2, -0.15) is 0 Å². The van der Waals surface area contributed by atoms with Gasteiger partial charge in [-0.05, 0) is 37.3 Å². The normalized spacial score (nSPS) is 25.5. The highest BCUT2D eigenvalue weighted by atomic mass is 16.5. The van der Waals surface area contributed by atoms with Crippen molar-refractivity contribution in [2.45, 2.75) is 77.0 Å². The van der Waals surface area contributed by atoms with Crippen LogP contribution in [0.5, 0.6) is 0 Å². The molecule has 0 saturated carbocycles. The van der Waals surface area contributed by atoms with Gasteiger partial charge in [0.25, 0.3) is 0 Å². The van der Waals surface area contributed by atoms with Gasteiger partial charge < -0.3 is 15.0 Å². The van der Waals surface area contributed by atoms with Crippen LogP contribution in [0.3, 0.4) is 0 Å². The minimum atomic E-state index is -0.857. The van der Waals surface area contributed by atoms with E-state index in [4.69, 9.17) is 4.74 Å². The third kappa shape index (κ3) is 6.05. The van der Waals surface area contributed by atoms with Gasteiger partial charge >= 0.3 is 5.97 Å². The highest BCUT2D eigenvalue weighted by Crippen LogP contribution is 2.23. The van der Waals surface area contributed by atoms with Crippen molar-refractivity contribution in [3.63, 3.8) is 0 Å². The number of Topliss-reactive ketones (excluding diaryl/α,β-unsaturated/α-hetero) is 1. The Morgan fingerprint density at radius 3 is 2.59 bits per heavy atom. The van der Waals surface area contributed by atoms with Crippen LogP contribution in [0.4, 0.5) is 0 Å². The summed E-state index contributed by atoms with van der Waals surface area (Å²) in [5, 5.41) is 2.75. The Kier molecular flexibility index (Phi) is 8.20. The first-order valence-corrected chi connectivity index (χ1v) is 11.4. The summed E-state index contributed by atoms with van der Waals surface area (Å²) in [4.78, 5) is 53.1. The molecule has 0 spiro atoms. The second-order valence-electron chi connectivity index (χ2n) is 8.57. The van der Waals surface area contributed by atoms with Crippen LogP contribution >= 0.6 is 0 Å². The molecule has 2 aliphatic heterocycles. The number of cyclic esters (lactones) is 1. The molecule has 1 aromatic carbocycles. The van der Waals surface area contributed by atoms with Gasteiger partial charge in [0.15, 0.2) is 5.78 Å². The molecule has 0 aliphatic carbocycles. The van der Waals surface area contributed by atoms with Gasteiger partial charge in [-0.25, -0.2) is 4.79 Å². The van der Waals surface area contributed by atoms with Crippen molar-refractivity contribution in [1.29, 1.82) is 0 Å². The summed E-state index contributed by atoms with van der Waals surface area (Å²) in [6.45, 7) is 4.11. The topological polar surface area (TPSA) is 92.8 Å². The van der Waals surface area contributed by atoms with Gasteiger partial charge in [0.05, 0.1) is 6.42 Å². The Labute approximate surface area is 189 Å². The maximum atomic E-state index is 13.5. The zero-order valence-corrected chi connectivity index (χ0v) is 18.8. The van der Waals surface area contributed by atoms with E-state index in [0.29, 0.717) is 37.8 Å². The monoisotopic (exact) mass is 440 g/mol. The molecule has 0 radical (unpaired) electrons. The van der Waals surface area contributed by atoms with Crippen molar-refractivity contribution < 1.29 is 23.9 Å². The van der Waals surface area contributed by atoms with Gasteiger partial charge in [0.2, 0.25) is 11.8 Å². The average Bonchev–Trinajstić information content (AvgIpc) is 3.26. The second-order valence-corrected chi connectivity index (χ2v) is 8.57. The Hall–Kier alpha value is -2.96. The lowest BCUT2D eigenvalue weighted by Gasteiger charge is -2.29. The van der Waals surface area contributed by atoms with Crippen LogP contribution in [-0.2, 0) is 30.3 Å². The molecular weight excluding hydrogens is 408 g/mol. The molecule has 0 unspecified atom stereocenters. The summed E-state index contributed by atoms with van der Waals surface area (Å²) >= 11 is 0.